The fourth-order valence-corrected chi connectivity index (χ4v) is 3.18. The number of nitrogens with one attached hydrogen (secondary N) is 1. The molecule has 1 saturated heterocycles. The molecule has 150 valence electrons. The monoisotopic (exact) mass is 394 g/mol. The van der Waals surface area contributed by atoms with Gasteiger partial charge in [0.25, 0.3) is 5.91 Å². The van der Waals surface area contributed by atoms with Gasteiger partial charge in [0.05, 0.1) is 13.2 Å². The third kappa shape index (κ3) is 4.94. The zero-order chi connectivity index (χ0) is 20.1. The normalized spacial score (nSPS) is 14.0. The van der Waals surface area contributed by atoms with E-state index in [-0.39, 0.29) is 12.5 Å². The minimum absolute atomic E-state index is 0.117. The molecular weight excluding hydrogens is 372 g/mol. The lowest BCUT2D eigenvalue weighted by molar-refractivity contribution is -0.123. The van der Waals surface area contributed by atoms with Crippen molar-refractivity contribution in [2.24, 2.45) is 0 Å². The lowest BCUT2D eigenvalue weighted by atomic mass is 10.2. The first-order chi connectivity index (χ1) is 14.2. The summed E-state index contributed by atoms with van der Waals surface area (Å²) in [6.07, 6.45) is 0. The van der Waals surface area contributed by atoms with Crippen LogP contribution in [0, 0.1) is 0 Å². The van der Waals surface area contributed by atoms with Gasteiger partial charge in [0.15, 0.2) is 6.61 Å². The molecule has 0 unspecified atom stereocenters. The Bertz CT molecular complexity index is 1040. The standard InChI is InChI=1S/C22H22N2O5/c25-21(15-28-19-7-3-17-4-8-22(26)29-20(17)13-19)23-14-16-1-5-18(6-2-16)24-9-11-27-12-10-24/h1-8,13H,9-12,14-15H2,(H,23,25). The van der Waals surface area contributed by atoms with Crippen molar-refractivity contribution in [1.82, 2.24) is 5.32 Å². The minimum atomic E-state index is -0.424. The van der Waals surface area contributed by atoms with Crippen LogP contribution in [0.25, 0.3) is 11.0 Å². The number of amides is 1. The highest BCUT2D eigenvalue weighted by Crippen LogP contribution is 2.19. The van der Waals surface area contributed by atoms with E-state index in [4.69, 9.17) is 13.9 Å². The van der Waals surface area contributed by atoms with Gasteiger partial charge in [-0.1, -0.05) is 12.1 Å². The molecule has 1 N–H and O–H groups in total. The number of hydrogen-bond acceptors (Lipinski definition) is 6. The molecule has 2 heterocycles. The first-order valence-electron chi connectivity index (χ1n) is 9.52. The highest BCUT2D eigenvalue weighted by molar-refractivity contribution is 5.79. The Morgan fingerprint density at radius 2 is 1.79 bits per heavy atom. The molecule has 1 amide bonds. The van der Waals surface area contributed by atoms with Crippen LogP contribution in [0.1, 0.15) is 5.56 Å². The van der Waals surface area contributed by atoms with E-state index in [0.717, 1.165) is 42.9 Å². The third-order valence-corrected chi connectivity index (χ3v) is 4.77. The van der Waals surface area contributed by atoms with E-state index < -0.39 is 5.63 Å². The second-order valence-corrected chi connectivity index (χ2v) is 6.79. The number of fused-ring (bicyclic) bond motifs is 1. The summed E-state index contributed by atoms with van der Waals surface area (Å²) < 4.78 is 16.0. The molecule has 1 fully saturated rings. The van der Waals surface area contributed by atoms with Crippen LogP contribution in [-0.4, -0.2) is 38.8 Å². The highest BCUT2D eigenvalue weighted by Gasteiger charge is 2.11. The van der Waals surface area contributed by atoms with Crippen LogP contribution in [0.15, 0.2) is 63.8 Å². The summed E-state index contributed by atoms with van der Waals surface area (Å²) in [5, 5.41) is 3.64. The van der Waals surface area contributed by atoms with Gasteiger partial charge in [-0.15, -0.1) is 0 Å². The Balaban J connectivity index is 1.27. The molecule has 0 aliphatic carbocycles. The molecule has 2 aromatic carbocycles. The molecule has 0 spiro atoms. The molecule has 0 radical (unpaired) electrons. The van der Waals surface area contributed by atoms with Gasteiger partial charge >= 0.3 is 5.63 Å². The zero-order valence-electron chi connectivity index (χ0n) is 15.9. The number of benzene rings is 2. The van der Waals surface area contributed by atoms with Crippen LogP contribution in [0.5, 0.6) is 5.75 Å². The lowest BCUT2D eigenvalue weighted by Crippen LogP contribution is -2.36. The zero-order valence-corrected chi connectivity index (χ0v) is 15.9. The maximum Gasteiger partial charge on any atom is 0.336 e. The van der Waals surface area contributed by atoms with E-state index in [9.17, 15) is 9.59 Å². The van der Waals surface area contributed by atoms with E-state index in [1.807, 2.05) is 12.1 Å². The van der Waals surface area contributed by atoms with Crippen LogP contribution in [0.3, 0.4) is 0 Å². The first-order valence-corrected chi connectivity index (χ1v) is 9.52. The second kappa shape index (κ2) is 8.79. The second-order valence-electron chi connectivity index (χ2n) is 6.79. The number of morpholine rings is 1. The van der Waals surface area contributed by atoms with Gasteiger partial charge in [0.1, 0.15) is 11.3 Å². The lowest BCUT2D eigenvalue weighted by Gasteiger charge is -2.28. The average Bonchev–Trinajstić information content (AvgIpc) is 2.77. The molecule has 4 rings (SSSR count). The van der Waals surface area contributed by atoms with E-state index in [2.05, 4.69) is 22.3 Å². The number of rotatable bonds is 6. The topological polar surface area (TPSA) is 81.0 Å². The maximum absolute atomic E-state index is 12.1. The Kier molecular flexibility index (Phi) is 5.76. The summed E-state index contributed by atoms with van der Waals surface area (Å²) in [5.74, 6) is 0.244. The largest absolute Gasteiger partial charge is 0.484 e. The van der Waals surface area contributed by atoms with Gasteiger partial charge in [-0.05, 0) is 35.9 Å². The van der Waals surface area contributed by atoms with E-state index in [1.165, 1.54) is 6.07 Å². The molecule has 1 aromatic heterocycles. The molecule has 0 atom stereocenters. The summed E-state index contributed by atoms with van der Waals surface area (Å²) in [6.45, 7) is 3.60. The van der Waals surface area contributed by atoms with Crippen molar-refractivity contribution in [3.8, 4) is 5.75 Å². The molecule has 7 nitrogen and oxygen atoms in total. The Labute approximate surface area is 167 Å². The van der Waals surface area contributed by atoms with Crippen molar-refractivity contribution in [1.29, 1.82) is 0 Å². The summed E-state index contributed by atoms with van der Waals surface area (Å²) in [4.78, 5) is 25.7. The number of anilines is 1. The van der Waals surface area contributed by atoms with Gasteiger partial charge < -0.3 is 24.1 Å². The van der Waals surface area contributed by atoms with Crippen molar-refractivity contribution < 1.29 is 18.7 Å². The Hall–Kier alpha value is -3.32. The van der Waals surface area contributed by atoms with Crippen LogP contribution in [0.2, 0.25) is 0 Å². The molecule has 3 aromatic rings. The Morgan fingerprint density at radius 1 is 1.03 bits per heavy atom. The summed E-state index contributed by atoms with van der Waals surface area (Å²) in [6, 6.07) is 16.3. The van der Waals surface area contributed by atoms with Gasteiger partial charge in [-0.2, -0.15) is 0 Å². The molecule has 0 saturated carbocycles. The molecule has 0 bridgehead atoms. The SMILES string of the molecule is O=C(COc1ccc2ccc(=O)oc2c1)NCc1ccc(N2CCOCC2)cc1. The predicted octanol–water partition coefficient (Wildman–Crippen LogP) is 2.32. The predicted molar refractivity (Wildman–Crippen MR) is 109 cm³/mol. The summed E-state index contributed by atoms with van der Waals surface area (Å²) >= 11 is 0. The number of carbonyl (C=O) groups excluding carboxylic acids is 1. The fourth-order valence-electron chi connectivity index (χ4n) is 3.18. The van der Waals surface area contributed by atoms with Crippen molar-refractivity contribution >= 4 is 22.6 Å². The molecule has 29 heavy (non-hydrogen) atoms. The van der Waals surface area contributed by atoms with Crippen molar-refractivity contribution in [3.05, 3.63) is 70.6 Å². The smallest absolute Gasteiger partial charge is 0.336 e. The molecule has 1 aliphatic rings. The van der Waals surface area contributed by atoms with E-state index >= 15 is 0 Å². The molecule has 7 heteroatoms. The minimum Gasteiger partial charge on any atom is -0.484 e. The van der Waals surface area contributed by atoms with Crippen molar-refractivity contribution in [3.63, 3.8) is 0 Å². The Morgan fingerprint density at radius 3 is 2.59 bits per heavy atom. The number of hydrogen-bond donors (Lipinski definition) is 1. The number of ether oxygens (including phenoxy) is 2. The molecule has 1 aliphatic heterocycles. The molecular formula is C22H22N2O5. The third-order valence-electron chi connectivity index (χ3n) is 4.77. The fraction of sp³-hybridized carbons (Fsp3) is 0.273. The quantitative estimate of drug-likeness (QED) is 0.647. The van der Waals surface area contributed by atoms with Gasteiger partial charge in [0.2, 0.25) is 0 Å². The average molecular weight is 394 g/mol. The number of nitrogens with zero attached hydrogens (tertiary/aromatic N) is 1. The van der Waals surface area contributed by atoms with E-state index in [1.54, 1.807) is 24.3 Å². The van der Waals surface area contributed by atoms with Gasteiger partial charge in [-0.25, -0.2) is 4.79 Å². The summed E-state index contributed by atoms with van der Waals surface area (Å²) in [7, 11) is 0. The van der Waals surface area contributed by atoms with Crippen LogP contribution in [-0.2, 0) is 16.1 Å². The van der Waals surface area contributed by atoms with Crippen molar-refractivity contribution in [2.45, 2.75) is 6.54 Å². The summed E-state index contributed by atoms with van der Waals surface area (Å²) in [5.41, 5.74) is 2.18. The van der Waals surface area contributed by atoms with Crippen LogP contribution >= 0.6 is 0 Å². The maximum atomic E-state index is 12.1. The van der Waals surface area contributed by atoms with Crippen LogP contribution in [0.4, 0.5) is 5.69 Å². The van der Waals surface area contributed by atoms with Gasteiger partial charge in [-0.3, -0.25) is 4.79 Å². The first kappa shape index (κ1) is 19.0. The van der Waals surface area contributed by atoms with E-state index in [0.29, 0.717) is 17.9 Å². The number of carbonyl (C=O) groups is 1. The highest BCUT2D eigenvalue weighted by atomic mass is 16.5. The van der Waals surface area contributed by atoms with Crippen LogP contribution < -0.4 is 20.6 Å². The van der Waals surface area contributed by atoms with Crippen molar-refractivity contribution in [2.75, 3.05) is 37.8 Å². The van der Waals surface area contributed by atoms with Gasteiger partial charge in [0, 0.05) is 42.8 Å².